The van der Waals surface area contributed by atoms with Crippen LogP contribution in [0.2, 0.25) is 0 Å². The average molecular weight is 312 g/mol. The van der Waals surface area contributed by atoms with Crippen LogP contribution in [-0.4, -0.2) is 40.8 Å². The first-order valence-corrected chi connectivity index (χ1v) is 8.83. The summed E-state index contributed by atoms with van der Waals surface area (Å²) in [6.45, 7) is 3.07. The zero-order valence-electron chi connectivity index (χ0n) is 12.6. The molecule has 0 aromatic heterocycles. The number of ether oxygens (including phenoxy) is 1. The first-order valence-electron chi connectivity index (χ1n) is 7.35. The van der Waals surface area contributed by atoms with E-state index in [1.54, 1.807) is 26.2 Å². The van der Waals surface area contributed by atoms with Crippen LogP contribution in [0, 0.1) is 0 Å². The topological polar surface area (TPSA) is 67.4 Å². The Kier molecular flexibility index (Phi) is 5.75. The molecule has 1 aromatic rings. The van der Waals surface area contributed by atoms with Gasteiger partial charge in [0.25, 0.3) is 0 Å². The van der Waals surface area contributed by atoms with E-state index in [-0.39, 0.29) is 6.04 Å². The van der Waals surface area contributed by atoms with Gasteiger partial charge >= 0.3 is 0 Å². The molecule has 0 bridgehead atoms. The summed E-state index contributed by atoms with van der Waals surface area (Å²) in [5, 5.41) is 3.45. The molecule has 0 saturated heterocycles. The summed E-state index contributed by atoms with van der Waals surface area (Å²) in [7, 11) is -1.92. The monoisotopic (exact) mass is 312 g/mol. The summed E-state index contributed by atoms with van der Waals surface area (Å²) < 4.78 is 31.9. The third-order valence-electron chi connectivity index (χ3n) is 3.43. The van der Waals surface area contributed by atoms with E-state index in [0.717, 1.165) is 18.5 Å². The molecule has 1 saturated carbocycles. The molecule has 1 unspecified atom stereocenters. The molecular weight excluding hydrogens is 288 g/mol. The van der Waals surface area contributed by atoms with Crippen molar-refractivity contribution in [3.63, 3.8) is 0 Å². The molecule has 1 fully saturated rings. The predicted molar refractivity (Wildman–Crippen MR) is 82.8 cm³/mol. The van der Waals surface area contributed by atoms with E-state index in [1.807, 2.05) is 12.1 Å². The van der Waals surface area contributed by atoms with E-state index in [9.17, 15) is 8.42 Å². The van der Waals surface area contributed by atoms with Gasteiger partial charge in [-0.1, -0.05) is 12.1 Å². The lowest BCUT2D eigenvalue weighted by Crippen LogP contribution is -2.35. The zero-order valence-corrected chi connectivity index (χ0v) is 13.4. The smallest absolute Gasteiger partial charge is 0.240 e. The fraction of sp³-hybridized carbons (Fsp3) is 0.600. The van der Waals surface area contributed by atoms with Gasteiger partial charge in [-0.05, 0) is 50.4 Å². The summed E-state index contributed by atoms with van der Waals surface area (Å²) in [5.41, 5.74) is 1.15. The van der Waals surface area contributed by atoms with Gasteiger partial charge in [0.2, 0.25) is 10.0 Å². The Hall–Kier alpha value is -0.950. The van der Waals surface area contributed by atoms with Gasteiger partial charge in [0.15, 0.2) is 0 Å². The average Bonchev–Trinajstić information content (AvgIpc) is 3.23. The first-order chi connectivity index (χ1) is 10.0. The molecule has 118 valence electrons. The van der Waals surface area contributed by atoms with E-state index >= 15 is 0 Å². The Morgan fingerprint density at radius 2 is 1.95 bits per heavy atom. The third-order valence-corrected chi connectivity index (χ3v) is 5.04. The highest BCUT2D eigenvalue weighted by Gasteiger charge is 2.20. The second-order valence-corrected chi connectivity index (χ2v) is 7.31. The molecular formula is C15H24N2O3S. The van der Waals surface area contributed by atoms with Gasteiger partial charge in [-0.2, -0.15) is 0 Å². The van der Waals surface area contributed by atoms with Crippen molar-refractivity contribution in [3.8, 4) is 0 Å². The lowest BCUT2D eigenvalue weighted by molar-refractivity contribution is 0.180. The predicted octanol–water partition coefficient (Wildman–Crippen LogP) is 1.29. The van der Waals surface area contributed by atoms with Crippen LogP contribution in [0.1, 0.15) is 25.3 Å². The Labute approximate surface area is 127 Å². The second kappa shape index (κ2) is 7.35. The normalized spacial score (nSPS) is 16.9. The Morgan fingerprint density at radius 3 is 2.52 bits per heavy atom. The summed E-state index contributed by atoms with van der Waals surface area (Å²) in [5.74, 6) is 0. The van der Waals surface area contributed by atoms with Crippen LogP contribution in [0.15, 0.2) is 29.2 Å². The molecule has 5 nitrogen and oxygen atoms in total. The van der Waals surface area contributed by atoms with Crippen LogP contribution >= 0.6 is 0 Å². The van der Waals surface area contributed by atoms with Crippen molar-refractivity contribution in [3.05, 3.63) is 29.8 Å². The van der Waals surface area contributed by atoms with Gasteiger partial charge in [0.05, 0.1) is 11.5 Å². The maximum absolute atomic E-state index is 12.2. The van der Waals surface area contributed by atoms with Crippen molar-refractivity contribution in [2.45, 2.75) is 43.2 Å². The molecule has 1 atom stereocenters. The number of rotatable bonds is 9. The third kappa shape index (κ3) is 5.39. The van der Waals surface area contributed by atoms with Crippen LogP contribution in [0.5, 0.6) is 0 Å². The number of hydrogen-bond acceptors (Lipinski definition) is 4. The van der Waals surface area contributed by atoms with Gasteiger partial charge in [0, 0.05) is 19.2 Å². The minimum absolute atomic E-state index is 0.248. The first kappa shape index (κ1) is 16.4. The molecule has 1 aromatic carbocycles. The van der Waals surface area contributed by atoms with Crippen LogP contribution < -0.4 is 10.0 Å². The van der Waals surface area contributed by atoms with Gasteiger partial charge in [0.1, 0.15) is 0 Å². The molecule has 21 heavy (non-hydrogen) atoms. The van der Waals surface area contributed by atoms with E-state index in [0.29, 0.717) is 17.5 Å². The largest absolute Gasteiger partial charge is 0.383 e. The number of hydrogen-bond donors (Lipinski definition) is 2. The highest BCUT2D eigenvalue weighted by Crippen LogP contribution is 2.18. The summed E-state index contributed by atoms with van der Waals surface area (Å²) in [4.78, 5) is 0.296. The van der Waals surface area contributed by atoms with E-state index in [1.165, 1.54) is 12.8 Å². The molecule has 2 N–H and O–H groups in total. The molecule has 1 aliphatic carbocycles. The van der Waals surface area contributed by atoms with Crippen LogP contribution in [0.25, 0.3) is 0 Å². The van der Waals surface area contributed by atoms with Gasteiger partial charge in [-0.15, -0.1) is 0 Å². The lowest BCUT2D eigenvalue weighted by Gasteiger charge is -2.13. The maximum atomic E-state index is 12.2. The molecule has 0 amide bonds. The Balaban J connectivity index is 1.89. The van der Waals surface area contributed by atoms with Gasteiger partial charge in [-0.3, -0.25) is 0 Å². The molecule has 2 rings (SSSR count). The second-order valence-electron chi connectivity index (χ2n) is 5.60. The highest BCUT2D eigenvalue weighted by molar-refractivity contribution is 7.89. The van der Waals surface area contributed by atoms with Crippen molar-refractivity contribution < 1.29 is 13.2 Å². The fourth-order valence-corrected chi connectivity index (χ4v) is 3.39. The quantitative estimate of drug-likeness (QED) is 0.721. The van der Waals surface area contributed by atoms with Crippen LogP contribution in [0.3, 0.4) is 0 Å². The summed E-state index contributed by atoms with van der Waals surface area (Å²) in [6.07, 6.45) is 3.48. The molecule has 0 aliphatic heterocycles. The molecule has 6 heteroatoms. The maximum Gasteiger partial charge on any atom is 0.240 e. The number of sulfonamides is 1. The minimum atomic E-state index is -3.47. The Bertz CT molecular complexity index is 539. The standard InChI is InChI=1S/C15H24N2O3S/c1-12(11-20-2)17-21(18,19)15-7-3-13(4-8-15)9-10-16-14-5-6-14/h3-4,7-8,12,14,16-17H,5-6,9-11H2,1-2H3. The molecule has 0 radical (unpaired) electrons. The van der Waals surface area contributed by atoms with Gasteiger partial charge in [-0.25, -0.2) is 13.1 Å². The molecule has 1 aliphatic rings. The minimum Gasteiger partial charge on any atom is -0.383 e. The van der Waals surface area contributed by atoms with Crippen molar-refractivity contribution in [1.29, 1.82) is 0 Å². The summed E-state index contributed by atoms with van der Waals surface area (Å²) in [6, 6.07) is 7.54. The molecule has 0 heterocycles. The van der Waals surface area contributed by atoms with Crippen molar-refractivity contribution in [2.24, 2.45) is 0 Å². The summed E-state index contributed by atoms with van der Waals surface area (Å²) >= 11 is 0. The van der Waals surface area contributed by atoms with E-state index in [2.05, 4.69) is 10.0 Å². The van der Waals surface area contributed by atoms with Crippen molar-refractivity contribution >= 4 is 10.0 Å². The van der Waals surface area contributed by atoms with Gasteiger partial charge < -0.3 is 10.1 Å². The highest BCUT2D eigenvalue weighted by atomic mass is 32.2. The van der Waals surface area contributed by atoms with E-state index < -0.39 is 10.0 Å². The zero-order chi connectivity index (χ0) is 15.3. The number of nitrogens with one attached hydrogen (secondary N) is 2. The van der Waals surface area contributed by atoms with Crippen molar-refractivity contribution in [1.82, 2.24) is 10.0 Å². The fourth-order valence-electron chi connectivity index (χ4n) is 2.16. The van der Waals surface area contributed by atoms with Crippen LogP contribution in [0.4, 0.5) is 0 Å². The van der Waals surface area contributed by atoms with Crippen molar-refractivity contribution in [2.75, 3.05) is 20.3 Å². The van der Waals surface area contributed by atoms with Crippen LogP contribution in [-0.2, 0) is 21.2 Å². The Morgan fingerprint density at radius 1 is 1.29 bits per heavy atom. The van der Waals surface area contributed by atoms with E-state index in [4.69, 9.17) is 4.74 Å². The number of benzene rings is 1. The SMILES string of the molecule is COCC(C)NS(=O)(=O)c1ccc(CCNC2CC2)cc1. The lowest BCUT2D eigenvalue weighted by atomic mass is 10.1. The number of methoxy groups -OCH3 is 1. The molecule has 0 spiro atoms.